The number of aromatic hydroxyl groups is 2. The molecule has 11 nitrogen and oxygen atoms in total. The lowest BCUT2D eigenvalue weighted by molar-refractivity contribution is -0.280. The molecule has 2 aromatic rings. The van der Waals surface area contributed by atoms with E-state index >= 15 is 0 Å². The minimum absolute atomic E-state index is 0.0630. The highest BCUT2D eigenvalue weighted by Gasteiger charge is 2.47. The van der Waals surface area contributed by atoms with E-state index in [1.165, 1.54) is 50.6 Å². The highest BCUT2D eigenvalue weighted by molar-refractivity contribution is 5.87. The molecule has 5 N–H and O–H groups in total. The molecule has 0 aliphatic carbocycles. The molecule has 1 aliphatic heterocycles. The quantitative estimate of drug-likeness (QED) is 0.266. The summed E-state index contributed by atoms with van der Waals surface area (Å²) in [6.07, 6.45) is -4.79. The lowest BCUT2D eigenvalue weighted by atomic mass is 9.99. The summed E-state index contributed by atoms with van der Waals surface area (Å²) in [6.45, 7) is -0.640. The van der Waals surface area contributed by atoms with Crippen molar-refractivity contribution in [3.63, 3.8) is 0 Å². The Hall–Kier alpha value is -3.51. The predicted molar refractivity (Wildman–Crippen MR) is 117 cm³/mol. The van der Waals surface area contributed by atoms with Crippen LogP contribution in [0.4, 0.5) is 0 Å². The number of methoxy groups -OCH3 is 2. The van der Waals surface area contributed by atoms with Crippen molar-refractivity contribution in [2.24, 2.45) is 0 Å². The van der Waals surface area contributed by atoms with Gasteiger partial charge in [0.2, 0.25) is 6.29 Å². The second kappa shape index (κ2) is 11.1. The van der Waals surface area contributed by atoms with Gasteiger partial charge in [-0.2, -0.15) is 0 Å². The number of phenols is 2. The van der Waals surface area contributed by atoms with Crippen LogP contribution in [0, 0.1) is 0 Å². The first kappa shape index (κ1) is 25.1. The van der Waals surface area contributed by atoms with E-state index in [4.69, 9.17) is 23.7 Å². The highest BCUT2D eigenvalue weighted by Crippen LogP contribution is 2.32. The van der Waals surface area contributed by atoms with Crippen LogP contribution in [0.15, 0.2) is 42.5 Å². The van der Waals surface area contributed by atoms with Gasteiger partial charge >= 0.3 is 5.97 Å². The number of carbonyl (C=O) groups is 1. The smallest absolute Gasteiger partial charge is 0.331 e. The van der Waals surface area contributed by atoms with E-state index in [9.17, 15) is 30.3 Å². The van der Waals surface area contributed by atoms with Gasteiger partial charge in [0.25, 0.3) is 0 Å². The van der Waals surface area contributed by atoms with Crippen LogP contribution in [0.2, 0.25) is 0 Å². The third-order valence-electron chi connectivity index (χ3n) is 5.09. The molecule has 34 heavy (non-hydrogen) atoms. The Labute approximate surface area is 195 Å². The molecule has 2 aromatic carbocycles. The Bertz CT molecular complexity index is 1020. The summed E-state index contributed by atoms with van der Waals surface area (Å²) >= 11 is 0. The lowest BCUT2D eigenvalue weighted by Gasteiger charge is -2.41. The number of hydrogen-bond donors (Lipinski definition) is 5. The van der Waals surface area contributed by atoms with E-state index in [2.05, 4.69) is 0 Å². The van der Waals surface area contributed by atoms with Crippen molar-refractivity contribution in [2.45, 2.75) is 30.7 Å². The molecule has 184 valence electrons. The minimum Gasteiger partial charge on any atom is -0.504 e. The van der Waals surface area contributed by atoms with Gasteiger partial charge in [0.05, 0.1) is 20.8 Å². The molecule has 0 aromatic heterocycles. The first-order valence-corrected chi connectivity index (χ1v) is 10.2. The van der Waals surface area contributed by atoms with Gasteiger partial charge in [0.1, 0.15) is 24.1 Å². The second-order valence-electron chi connectivity index (χ2n) is 7.32. The summed E-state index contributed by atoms with van der Waals surface area (Å²) in [6, 6.07) is 8.48. The van der Waals surface area contributed by atoms with Gasteiger partial charge in [0.15, 0.2) is 29.1 Å². The maximum absolute atomic E-state index is 12.3. The van der Waals surface area contributed by atoms with E-state index in [0.717, 1.165) is 6.08 Å². The fraction of sp³-hybridized carbons (Fsp3) is 0.348. The van der Waals surface area contributed by atoms with E-state index in [0.29, 0.717) is 5.56 Å². The molecule has 3 rings (SSSR count). The van der Waals surface area contributed by atoms with Gasteiger partial charge in [-0.05, 0) is 35.9 Å². The molecule has 0 amide bonds. The molecule has 1 fully saturated rings. The lowest BCUT2D eigenvalue weighted by Crippen LogP contribution is -2.61. The maximum Gasteiger partial charge on any atom is 0.331 e. The average Bonchev–Trinajstić information content (AvgIpc) is 2.84. The van der Waals surface area contributed by atoms with Gasteiger partial charge in [-0.25, -0.2) is 4.79 Å². The molecule has 5 atom stereocenters. The van der Waals surface area contributed by atoms with Crippen LogP contribution < -0.4 is 14.2 Å². The molecule has 0 unspecified atom stereocenters. The summed E-state index contributed by atoms with van der Waals surface area (Å²) in [5.74, 6) is -0.566. The highest BCUT2D eigenvalue weighted by atomic mass is 16.7. The molecule has 1 heterocycles. The van der Waals surface area contributed by atoms with E-state index < -0.39 is 43.3 Å². The number of phenolic OH excluding ortho intramolecular Hbond substituents is 2. The molecule has 11 heteroatoms. The van der Waals surface area contributed by atoms with E-state index in [1.54, 1.807) is 6.07 Å². The Balaban J connectivity index is 1.67. The molecular weight excluding hydrogens is 452 g/mol. The van der Waals surface area contributed by atoms with E-state index in [1.807, 2.05) is 0 Å². The first-order valence-electron chi connectivity index (χ1n) is 10.2. The molecule has 1 saturated heterocycles. The summed E-state index contributed by atoms with van der Waals surface area (Å²) in [7, 11) is 2.73. The largest absolute Gasteiger partial charge is 0.504 e. The topological polar surface area (TPSA) is 164 Å². The van der Waals surface area contributed by atoms with Gasteiger partial charge in [-0.3, -0.25) is 0 Å². The number of carbonyl (C=O) groups excluding carboxylic acids is 1. The number of aliphatic hydroxyl groups is 3. The van der Waals surface area contributed by atoms with Crippen LogP contribution in [0.1, 0.15) is 5.56 Å². The number of esters is 1. The van der Waals surface area contributed by atoms with Gasteiger partial charge in [-0.15, -0.1) is 0 Å². The average molecular weight is 478 g/mol. The molecule has 1 aliphatic rings. The van der Waals surface area contributed by atoms with Gasteiger partial charge < -0.3 is 49.2 Å². The zero-order chi connectivity index (χ0) is 24.8. The van der Waals surface area contributed by atoms with Crippen LogP contribution in [0.25, 0.3) is 6.08 Å². The van der Waals surface area contributed by atoms with Crippen LogP contribution in [-0.2, 0) is 14.3 Å². The number of benzene rings is 2. The van der Waals surface area contributed by atoms with Crippen LogP contribution >= 0.6 is 0 Å². The van der Waals surface area contributed by atoms with Crippen molar-refractivity contribution in [2.75, 3.05) is 20.8 Å². The Morgan fingerprint density at radius 1 is 1.00 bits per heavy atom. The fourth-order valence-corrected chi connectivity index (χ4v) is 3.30. The SMILES string of the molecule is COc1cc(C=CC(=O)O[C@H]2[C@H](O)[C@@H](O)[C@H](Oc3ccc(O)c(OC)c3)O[C@@H]2CO)ccc1O. The first-order chi connectivity index (χ1) is 16.3. The molecule has 0 bridgehead atoms. The molecule has 0 spiro atoms. The van der Waals surface area contributed by atoms with Crippen molar-refractivity contribution in [3.05, 3.63) is 48.0 Å². The normalized spacial score (nSPS) is 24.6. The standard InChI is InChI=1S/C23H26O11/c1-30-16-9-12(3-6-14(16)25)4-8-19(27)34-22-18(11-24)33-23(21(29)20(22)28)32-13-5-7-15(26)17(10-13)31-2/h3-10,18,20-26,28-29H,11H2,1-2H3/t18-,20-,21-,22-,23-/m1/s1. The third-order valence-corrected chi connectivity index (χ3v) is 5.09. The Morgan fingerprint density at radius 2 is 1.65 bits per heavy atom. The summed E-state index contributed by atoms with van der Waals surface area (Å²) < 4.78 is 26.3. The zero-order valence-corrected chi connectivity index (χ0v) is 18.4. The van der Waals surface area contributed by atoms with Crippen molar-refractivity contribution >= 4 is 12.0 Å². The van der Waals surface area contributed by atoms with Gasteiger partial charge in [-0.1, -0.05) is 6.07 Å². The van der Waals surface area contributed by atoms with Gasteiger partial charge in [0, 0.05) is 12.1 Å². The van der Waals surface area contributed by atoms with Crippen molar-refractivity contribution < 1.29 is 54.0 Å². The van der Waals surface area contributed by atoms with Crippen molar-refractivity contribution in [3.8, 4) is 28.7 Å². The molecular formula is C23H26O11. The molecule has 0 saturated carbocycles. The number of hydrogen-bond acceptors (Lipinski definition) is 11. The van der Waals surface area contributed by atoms with E-state index in [-0.39, 0.29) is 28.7 Å². The summed E-state index contributed by atoms with van der Waals surface area (Å²) in [4.78, 5) is 12.3. The van der Waals surface area contributed by atoms with Crippen LogP contribution in [0.5, 0.6) is 28.7 Å². The minimum atomic E-state index is -1.64. The number of aliphatic hydroxyl groups excluding tert-OH is 3. The van der Waals surface area contributed by atoms with Crippen molar-refractivity contribution in [1.82, 2.24) is 0 Å². The number of rotatable bonds is 8. The van der Waals surface area contributed by atoms with Crippen LogP contribution in [-0.4, -0.2) is 83.0 Å². The third kappa shape index (κ3) is 5.69. The maximum atomic E-state index is 12.3. The Morgan fingerprint density at radius 3 is 2.29 bits per heavy atom. The van der Waals surface area contributed by atoms with Crippen LogP contribution in [0.3, 0.4) is 0 Å². The summed E-state index contributed by atoms with van der Waals surface area (Å²) in [5.41, 5.74) is 0.531. The molecule has 0 radical (unpaired) electrons. The predicted octanol–water partition coefficient (Wildman–Crippen LogP) is 0.558. The zero-order valence-electron chi connectivity index (χ0n) is 18.4. The monoisotopic (exact) mass is 478 g/mol. The fourth-order valence-electron chi connectivity index (χ4n) is 3.30. The van der Waals surface area contributed by atoms with Crippen molar-refractivity contribution in [1.29, 1.82) is 0 Å². The summed E-state index contributed by atoms with van der Waals surface area (Å²) in [5, 5.41) is 50.0. The second-order valence-corrected chi connectivity index (χ2v) is 7.32. The Kier molecular flexibility index (Phi) is 8.18. The number of ether oxygens (including phenoxy) is 5.